The summed E-state index contributed by atoms with van der Waals surface area (Å²) in [5, 5.41) is 5.03. The van der Waals surface area contributed by atoms with Crippen molar-refractivity contribution in [2.75, 3.05) is 4.90 Å². The van der Waals surface area contributed by atoms with Crippen molar-refractivity contribution in [3.63, 3.8) is 0 Å². The molecule has 276 valence electrons. The topological polar surface area (TPSA) is 16.4 Å². The molecular formula is C55H45NO. The van der Waals surface area contributed by atoms with E-state index in [4.69, 9.17) is 4.42 Å². The first-order valence-corrected chi connectivity index (χ1v) is 20.7. The van der Waals surface area contributed by atoms with Crippen molar-refractivity contribution in [3.8, 4) is 33.4 Å². The van der Waals surface area contributed by atoms with E-state index in [0.29, 0.717) is 5.92 Å². The number of benzene rings is 8. The smallest absolute Gasteiger partial charge is 0.136 e. The molecule has 1 aromatic heterocycles. The van der Waals surface area contributed by atoms with Crippen LogP contribution in [0.5, 0.6) is 0 Å². The van der Waals surface area contributed by atoms with Crippen LogP contribution >= 0.6 is 0 Å². The van der Waals surface area contributed by atoms with Gasteiger partial charge in [0.1, 0.15) is 11.2 Å². The van der Waals surface area contributed by atoms with Crippen LogP contribution in [0, 0.1) is 0 Å². The van der Waals surface area contributed by atoms with Gasteiger partial charge in [-0.3, -0.25) is 0 Å². The van der Waals surface area contributed by atoms with E-state index < -0.39 is 0 Å². The number of anilines is 3. The van der Waals surface area contributed by atoms with E-state index in [-0.39, 0.29) is 5.41 Å². The molecule has 0 radical (unpaired) electrons. The SMILES string of the molecule is CC1(C)c2ccccc2-c2ccc(N(c3ccc(-c4cccc5oc6ccccc6c45)cc3)c3ccccc3-c3cccc4cccc(C5CCCCC5)c34)cc21. The highest BCUT2D eigenvalue weighted by molar-refractivity contribution is 6.12. The van der Waals surface area contributed by atoms with Crippen molar-refractivity contribution in [1.29, 1.82) is 0 Å². The fourth-order valence-corrected chi connectivity index (χ4v) is 10.3. The Bertz CT molecular complexity index is 2970. The third-order valence-electron chi connectivity index (χ3n) is 13.1. The molecule has 9 aromatic rings. The molecule has 57 heavy (non-hydrogen) atoms. The van der Waals surface area contributed by atoms with Crippen LogP contribution in [0.15, 0.2) is 174 Å². The quantitative estimate of drug-likeness (QED) is 0.169. The Kier molecular flexibility index (Phi) is 7.96. The van der Waals surface area contributed by atoms with E-state index in [1.807, 2.05) is 6.07 Å². The number of nitrogens with zero attached hydrogens (tertiary/aromatic N) is 1. The largest absolute Gasteiger partial charge is 0.456 e. The van der Waals surface area contributed by atoms with Crippen LogP contribution in [0.25, 0.3) is 66.1 Å². The van der Waals surface area contributed by atoms with Crippen LogP contribution < -0.4 is 4.90 Å². The zero-order valence-electron chi connectivity index (χ0n) is 32.6. The summed E-state index contributed by atoms with van der Waals surface area (Å²) in [5.74, 6) is 0.594. The van der Waals surface area contributed by atoms with E-state index in [1.54, 1.807) is 0 Å². The minimum absolute atomic E-state index is 0.117. The molecule has 0 unspecified atom stereocenters. The Morgan fingerprint density at radius 1 is 0.491 bits per heavy atom. The Morgan fingerprint density at radius 3 is 2.00 bits per heavy atom. The van der Waals surface area contributed by atoms with Crippen molar-refractivity contribution in [2.24, 2.45) is 0 Å². The van der Waals surface area contributed by atoms with E-state index in [1.165, 1.54) is 98.6 Å². The maximum absolute atomic E-state index is 6.29. The van der Waals surface area contributed by atoms with E-state index in [2.05, 4.69) is 183 Å². The van der Waals surface area contributed by atoms with Gasteiger partial charge in [0, 0.05) is 33.1 Å². The molecule has 8 aromatic carbocycles. The highest BCUT2D eigenvalue weighted by atomic mass is 16.3. The Balaban J connectivity index is 1.11. The van der Waals surface area contributed by atoms with E-state index in [0.717, 1.165) is 33.3 Å². The molecule has 11 rings (SSSR count). The number of hydrogen-bond acceptors (Lipinski definition) is 2. The fraction of sp³-hybridized carbons (Fsp3) is 0.164. The first-order valence-electron chi connectivity index (χ1n) is 20.7. The van der Waals surface area contributed by atoms with Crippen molar-refractivity contribution in [2.45, 2.75) is 57.3 Å². The lowest BCUT2D eigenvalue weighted by atomic mass is 9.80. The average Bonchev–Trinajstić information content (AvgIpc) is 3.76. The van der Waals surface area contributed by atoms with E-state index >= 15 is 0 Å². The van der Waals surface area contributed by atoms with Gasteiger partial charge in [-0.25, -0.2) is 0 Å². The van der Waals surface area contributed by atoms with Crippen LogP contribution in [0.1, 0.15) is 68.6 Å². The molecule has 1 heterocycles. The molecule has 0 amide bonds. The second-order valence-corrected chi connectivity index (χ2v) is 16.7. The zero-order chi connectivity index (χ0) is 38.1. The molecule has 0 N–H and O–H groups in total. The predicted molar refractivity (Wildman–Crippen MR) is 240 cm³/mol. The monoisotopic (exact) mass is 735 g/mol. The first kappa shape index (κ1) is 33.9. The summed E-state index contributed by atoms with van der Waals surface area (Å²) >= 11 is 0. The molecule has 2 nitrogen and oxygen atoms in total. The van der Waals surface area contributed by atoms with Gasteiger partial charge in [-0.1, -0.05) is 161 Å². The second kappa shape index (κ2) is 13.4. The highest BCUT2D eigenvalue weighted by Gasteiger charge is 2.36. The lowest BCUT2D eigenvalue weighted by molar-refractivity contribution is 0.445. The third-order valence-corrected chi connectivity index (χ3v) is 13.1. The number of para-hydroxylation sites is 2. The van der Waals surface area contributed by atoms with Gasteiger partial charge >= 0.3 is 0 Å². The van der Waals surface area contributed by atoms with Gasteiger partial charge in [-0.15, -0.1) is 0 Å². The van der Waals surface area contributed by atoms with Gasteiger partial charge < -0.3 is 9.32 Å². The maximum atomic E-state index is 6.29. The molecule has 0 saturated heterocycles. The van der Waals surface area contributed by atoms with Crippen LogP contribution in [0.2, 0.25) is 0 Å². The summed E-state index contributed by atoms with van der Waals surface area (Å²) in [4.78, 5) is 2.49. The summed E-state index contributed by atoms with van der Waals surface area (Å²) in [6.07, 6.45) is 6.51. The summed E-state index contributed by atoms with van der Waals surface area (Å²) in [6.45, 7) is 4.75. The molecule has 1 fully saturated rings. The Hall–Kier alpha value is -6.38. The predicted octanol–water partition coefficient (Wildman–Crippen LogP) is 15.9. The molecule has 2 aliphatic carbocycles. The standard InChI is InChI=1S/C55H45NO/c1-55(2)48-25-9-6-19-43(48)44-34-33-40(35-49(44)55)56(39-31-29-37(30-32-39)42-23-14-28-52-54(42)47-21-8-11-27-51(47)57-52)50-26-10-7-20-45(50)46-24-13-18-38-17-12-22-41(53(38)46)36-15-4-3-5-16-36/h6-14,17-36H,3-5,15-16H2,1-2H3. The minimum Gasteiger partial charge on any atom is -0.456 e. The lowest BCUT2D eigenvalue weighted by Gasteiger charge is -2.30. The van der Waals surface area contributed by atoms with Gasteiger partial charge in [0.05, 0.1) is 5.69 Å². The van der Waals surface area contributed by atoms with Crippen molar-refractivity contribution in [1.82, 2.24) is 0 Å². The normalized spacial score (nSPS) is 14.9. The molecule has 0 aliphatic heterocycles. The van der Waals surface area contributed by atoms with Gasteiger partial charge in [-0.2, -0.15) is 0 Å². The van der Waals surface area contributed by atoms with Gasteiger partial charge in [-0.05, 0) is 117 Å². The minimum atomic E-state index is -0.117. The summed E-state index contributed by atoms with van der Waals surface area (Å²) in [5.41, 5.74) is 17.0. The zero-order valence-corrected chi connectivity index (χ0v) is 32.6. The average molecular weight is 736 g/mol. The van der Waals surface area contributed by atoms with Crippen LogP contribution in [0.4, 0.5) is 17.1 Å². The van der Waals surface area contributed by atoms with E-state index in [9.17, 15) is 0 Å². The maximum Gasteiger partial charge on any atom is 0.136 e. The molecular weight excluding hydrogens is 691 g/mol. The van der Waals surface area contributed by atoms with Gasteiger partial charge in [0.25, 0.3) is 0 Å². The number of fused-ring (bicyclic) bond motifs is 7. The van der Waals surface area contributed by atoms with Crippen LogP contribution in [0.3, 0.4) is 0 Å². The Morgan fingerprint density at radius 2 is 1.14 bits per heavy atom. The lowest BCUT2D eigenvalue weighted by Crippen LogP contribution is -2.17. The summed E-state index contributed by atoms with van der Waals surface area (Å²) in [7, 11) is 0. The molecule has 0 spiro atoms. The summed E-state index contributed by atoms with van der Waals surface area (Å²) < 4.78 is 6.29. The van der Waals surface area contributed by atoms with Crippen LogP contribution in [-0.4, -0.2) is 0 Å². The van der Waals surface area contributed by atoms with Crippen molar-refractivity contribution >= 4 is 49.8 Å². The summed E-state index contributed by atoms with van der Waals surface area (Å²) in [6, 6.07) is 62.9. The fourth-order valence-electron chi connectivity index (χ4n) is 10.3. The highest BCUT2D eigenvalue weighted by Crippen LogP contribution is 2.52. The Labute approximate surface area is 335 Å². The second-order valence-electron chi connectivity index (χ2n) is 16.7. The first-order chi connectivity index (χ1) is 28.0. The third kappa shape index (κ3) is 5.46. The van der Waals surface area contributed by atoms with Crippen molar-refractivity contribution in [3.05, 3.63) is 187 Å². The molecule has 2 aliphatic rings. The molecule has 2 heteroatoms. The van der Waals surface area contributed by atoms with Crippen LogP contribution in [-0.2, 0) is 5.41 Å². The molecule has 1 saturated carbocycles. The molecule has 0 bridgehead atoms. The number of furan rings is 1. The molecule has 0 atom stereocenters. The number of rotatable bonds is 6. The van der Waals surface area contributed by atoms with Gasteiger partial charge in [0.2, 0.25) is 0 Å². The number of hydrogen-bond donors (Lipinski definition) is 0. The van der Waals surface area contributed by atoms with Gasteiger partial charge in [0.15, 0.2) is 0 Å². The van der Waals surface area contributed by atoms with Crippen molar-refractivity contribution < 1.29 is 4.42 Å².